The molecule has 0 N–H and O–H groups in total. The van der Waals surface area contributed by atoms with Crippen molar-refractivity contribution < 1.29 is 0 Å². The van der Waals surface area contributed by atoms with Crippen LogP contribution < -0.4 is 0 Å². The standard InChI is InChI=1S/C10H20BrCl/c1-5-8(2)6-7-9(11)10(3,4)12/h8-9H,5-7H2,1-4H3. The van der Waals surface area contributed by atoms with Crippen LogP contribution in [0.4, 0.5) is 0 Å². The average Bonchev–Trinajstić information content (AvgIpc) is 1.97. The van der Waals surface area contributed by atoms with Crippen LogP contribution in [0.3, 0.4) is 0 Å². The van der Waals surface area contributed by atoms with E-state index in [0.29, 0.717) is 4.83 Å². The second-order valence-electron chi connectivity index (χ2n) is 4.12. The fourth-order valence-corrected chi connectivity index (χ4v) is 1.35. The molecule has 0 aromatic rings. The fraction of sp³-hybridized carbons (Fsp3) is 1.00. The van der Waals surface area contributed by atoms with Crippen LogP contribution in [0, 0.1) is 5.92 Å². The van der Waals surface area contributed by atoms with Crippen molar-refractivity contribution in [3.05, 3.63) is 0 Å². The molecule has 2 unspecified atom stereocenters. The van der Waals surface area contributed by atoms with E-state index in [0.717, 1.165) is 5.92 Å². The molecular formula is C10H20BrCl. The number of rotatable bonds is 5. The molecule has 0 nitrogen and oxygen atoms in total. The van der Waals surface area contributed by atoms with Crippen LogP contribution in [0.5, 0.6) is 0 Å². The van der Waals surface area contributed by atoms with Gasteiger partial charge in [0.05, 0.1) is 4.87 Å². The maximum Gasteiger partial charge on any atom is 0.0515 e. The predicted molar refractivity (Wildman–Crippen MR) is 61.3 cm³/mol. The van der Waals surface area contributed by atoms with Gasteiger partial charge in [0.1, 0.15) is 0 Å². The summed E-state index contributed by atoms with van der Waals surface area (Å²) < 4.78 is 0. The Hall–Kier alpha value is 0.770. The second kappa shape index (κ2) is 5.49. The van der Waals surface area contributed by atoms with Gasteiger partial charge in [-0.15, -0.1) is 11.6 Å². The maximum absolute atomic E-state index is 6.16. The Kier molecular flexibility index (Phi) is 5.84. The first kappa shape index (κ1) is 12.8. The van der Waals surface area contributed by atoms with E-state index >= 15 is 0 Å². The normalized spacial score (nSPS) is 17.5. The van der Waals surface area contributed by atoms with Gasteiger partial charge < -0.3 is 0 Å². The molecular weight excluding hydrogens is 235 g/mol. The third-order valence-corrected chi connectivity index (χ3v) is 4.48. The zero-order valence-corrected chi connectivity index (χ0v) is 10.9. The molecule has 74 valence electrons. The van der Waals surface area contributed by atoms with E-state index in [4.69, 9.17) is 11.6 Å². The van der Waals surface area contributed by atoms with Crippen LogP contribution in [0.1, 0.15) is 47.0 Å². The van der Waals surface area contributed by atoms with Crippen LogP contribution in [-0.4, -0.2) is 9.70 Å². The van der Waals surface area contributed by atoms with E-state index in [1.807, 2.05) is 0 Å². The lowest BCUT2D eigenvalue weighted by atomic mass is 9.97. The Morgan fingerprint density at radius 3 is 2.17 bits per heavy atom. The largest absolute Gasteiger partial charge is 0.119 e. The highest BCUT2D eigenvalue weighted by molar-refractivity contribution is 9.09. The molecule has 0 aliphatic carbocycles. The lowest BCUT2D eigenvalue weighted by molar-refractivity contribution is 0.470. The molecule has 0 saturated carbocycles. The average molecular weight is 256 g/mol. The van der Waals surface area contributed by atoms with Crippen LogP contribution >= 0.6 is 27.5 Å². The molecule has 0 aliphatic rings. The molecule has 2 atom stereocenters. The van der Waals surface area contributed by atoms with E-state index in [-0.39, 0.29) is 4.87 Å². The summed E-state index contributed by atoms with van der Waals surface area (Å²) in [4.78, 5) is 0.314. The Balaban J connectivity index is 3.64. The van der Waals surface area contributed by atoms with E-state index in [1.54, 1.807) is 0 Å². The predicted octanol–water partition coefficient (Wildman–Crippen LogP) is 4.59. The molecule has 0 heterocycles. The number of halogens is 2. The van der Waals surface area contributed by atoms with Crippen molar-refractivity contribution in [3.8, 4) is 0 Å². The number of alkyl halides is 2. The van der Waals surface area contributed by atoms with Crippen LogP contribution in [0.25, 0.3) is 0 Å². The summed E-state index contributed by atoms with van der Waals surface area (Å²) in [5.74, 6) is 0.823. The Bertz CT molecular complexity index is 117. The Morgan fingerprint density at radius 1 is 1.33 bits per heavy atom. The molecule has 12 heavy (non-hydrogen) atoms. The zero-order chi connectivity index (χ0) is 9.78. The lowest BCUT2D eigenvalue weighted by Gasteiger charge is -2.23. The first-order valence-electron chi connectivity index (χ1n) is 4.71. The molecule has 2 heteroatoms. The first-order chi connectivity index (χ1) is 5.38. The highest BCUT2D eigenvalue weighted by Crippen LogP contribution is 2.29. The summed E-state index contributed by atoms with van der Waals surface area (Å²) in [6, 6.07) is 0. The van der Waals surface area contributed by atoms with Gasteiger partial charge in [-0.3, -0.25) is 0 Å². The molecule has 0 aromatic heterocycles. The van der Waals surface area contributed by atoms with Gasteiger partial charge in [0.25, 0.3) is 0 Å². The minimum atomic E-state index is -0.118. The monoisotopic (exact) mass is 254 g/mol. The van der Waals surface area contributed by atoms with Crippen LogP contribution in [0.15, 0.2) is 0 Å². The third kappa shape index (κ3) is 5.42. The fourth-order valence-electron chi connectivity index (χ4n) is 0.978. The molecule has 0 amide bonds. The third-order valence-electron chi connectivity index (χ3n) is 2.35. The van der Waals surface area contributed by atoms with E-state index < -0.39 is 0 Å². The topological polar surface area (TPSA) is 0 Å². The van der Waals surface area contributed by atoms with Crippen molar-refractivity contribution in [2.45, 2.75) is 56.7 Å². The van der Waals surface area contributed by atoms with Gasteiger partial charge in [-0.1, -0.05) is 36.2 Å². The molecule has 0 aromatic carbocycles. The highest BCUT2D eigenvalue weighted by Gasteiger charge is 2.24. The van der Waals surface area contributed by atoms with E-state index in [1.165, 1.54) is 19.3 Å². The van der Waals surface area contributed by atoms with Crippen molar-refractivity contribution in [2.75, 3.05) is 0 Å². The molecule has 0 rings (SSSR count). The Morgan fingerprint density at radius 2 is 1.83 bits per heavy atom. The molecule has 0 radical (unpaired) electrons. The van der Waals surface area contributed by atoms with Gasteiger partial charge in [0.15, 0.2) is 0 Å². The van der Waals surface area contributed by atoms with Gasteiger partial charge in [-0.05, 0) is 32.6 Å². The van der Waals surface area contributed by atoms with Crippen molar-refractivity contribution in [2.24, 2.45) is 5.92 Å². The summed E-state index contributed by atoms with van der Waals surface area (Å²) in [5, 5.41) is 0. The zero-order valence-electron chi connectivity index (χ0n) is 8.53. The molecule has 0 spiro atoms. The summed E-state index contributed by atoms with van der Waals surface area (Å²) in [6.45, 7) is 8.65. The summed E-state index contributed by atoms with van der Waals surface area (Å²) in [7, 11) is 0. The van der Waals surface area contributed by atoms with Crippen molar-refractivity contribution in [3.63, 3.8) is 0 Å². The summed E-state index contributed by atoms with van der Waals surface area (Å²) in [6.07, 6.45) is 3.70. The maximum atomic E-state index is 6.16. The first-order valence-corrected chi connectivity index (χ1v) is 6.00. The summed E-state index contributed by atoms with van der Waals surface area (Å²) >= 11 is 9.79. The quantitative estimate of drug-likeness (QED) is 0.630. The number of hydrogen-bond donors (Lipinski definition) is 0. The smallest absolute Gasteiger partial charge is 0.0515 e. The van der Waals surface area contributed by atoms with E-state index in [9.17, 15) is 0 Å². The molecule has 0 aliphatic heterocycles. The highest BCUT2D eigenvalue weighted by atomic mass is 79.9. The SMILES string of the molecule is CCC(C)CCC(Br)C(C)(C)Cl. The minimum absolute atomic E-state index is 0.118. The van der Waals surface area contributed by atoms with Gasteiger partial charge in [0, 0.05) is 4.83 Å². The van der Waals surface area contributed by atoms with Crippen molar-refractivity contribution >= 4 is 27.5 Å². The van der Waals surface area contributed by atoms with E-state index in [2.05, 4.69) is 43.6 Å². The summed E-state index contributed by atoms with van der Waals surface area (Å²) in [5.41, 5.74) is 0. The van der Waals surface area contributed by atoms with Gasteiger partial charge in [-0.2, -0.15) is 0 Å². The van der Waals surface area contributed by atoms with Crippen LogP contribution in [0.2, 0.25) is 0 Å². The van der Waals surface area contributed by atoms with Gasteiger partial charge >= 0.3 is 0 Å². The lowest BCUT2D eigenvalue weighted by Crippen LogP contribution is -2.25. The van der Waals surface area contributed by atoms with Crippen LogP contribution in [-0.2, 0) is 0 Å². The number of hydrogen-bond acceptors (Lipinski definition) is 0. The van der Waals surface area contributed by atoms with Gasteiger partial charge in [-0.25, -0.2) is 0 Å². The van der Waals surface area contributed by atoms with Crippen molar-refractivity contribution in [1.82, 2.24) is 0 Å². The Labute approximate surface area is 90.2 Å². The minimum Gasteiger partial charge on any atom is -0.119 e. The van der Waals surface area contributed by atoms with Gasteiger partial charge in [0.2, 0.25) is 0 Å². The molecule has 0 saturated heterocycles. The molecule has 0 fully saturated rings. The van der Waals surface area contributed by atoms with Crippen molar-refractivity contribution in [1.29, 1.82) is 0 Å². The second-order valence-corrected chi connectivity index (χ2v) is 6.20. The molecule has 0 bridgehead atoms.